The molecule has 2 aromatic carbocycles. The van der Waals surface area contributed by atoms with E-state index < -0.39 is 11.9 Å². The fourth-order valence-electron chi connectivity index (χ4n) is 3.69. The molecule has 4 amide bonds. The van der Waals surface area contributed by atoms with Crippen LogP contribution in [0.2, 0.25) is 5.02 Å². The molecule has 2 aliphatic heterocycles. The number of hydrogen-bond acceptors (Lipinski definition) is 4. The SMILES string of the molecule is O=C1CCC(N2Cc3cc(CC(=O)Nc4cccc(Cl)c4)ccc3C2=O)C(=O)N1. The van der Waals surface area contributed by atoms with Crippen molar-refractivity contribution in [2.24, 2.45) is 0 Å². The summed E-state index contributed by atoms with van der Waals surface area (Å²) in [5.74, 6) is -1.19. The van der Waals surface area contributed by atoms with E-state index in [4.69, 9.17) is 11.6 Å². The van der Waals surface area contributed by atoms with Gasteiger partial charge < -0.3 is 10.2 Å². The second-order valence-electron chi connectivity index (χ2n) is 7.13. The van der Waals surface area contributed by atoms with Gasteiger partial charge in [0.05, 0.1) is 6.42 Å². The van der Waals surface area contributed by atoms with Crippen molar-refractivity contribution in [3.05, 3.63) is 64.2 Å². The normalized spacial score (nSPS) is 18.4. The zero-order valence-electron chi connectivity index (χ0n) is 15.4. The van der Waals surface area contributed by atoms with Crippen LogP contribution in [0.5, 0.6) is 0 Å². The van der Waals surface area contributed by atoms with Crippen molar-refractivity contribution in [1.29, 1.82) is 0 Å². The number of carbonyl (C=O) groups excluding carboxylic acids is 4. The van der Waals surface area contributed by atoms with Gasteiger partial charge >= 0.3 is 0 Å². The fraction of sp³-hybridized carbons (Fsp3) is 0.238. The summed E-state index contributed by atoms with van der Waals surface area (Å²) in [5, 5.41) is 5.61. The van der Waals surface area contributed by atoms with Crippen LogP contribution in [0, 0.1) is 0 Å². The van der Waals surface area contributed by atoms with Gasteiger partial charge in [0, 0.05) is 29.2 Å². The van der Waals surface area contributed by atoms with Gasteiger partial charge in [0.1, 0.15) is 6.04 Å². The molecule has 0 spiro atoms. The van der Waals surface area contributed by atoms with Crippen LogP contribution in [0.1, 0.15) is 34.3 Å². The largest absolute Gasteiger partial charge is 0.326 e. The standard InChI is InChI=1S/C21H18ClN3O4/c22-14-2-1-3-15(10-14)23-19(27)9-12-4-5-16-13(8-12)11-25(21(16)29)17-6-7-18(26)24-20(17)28/h1-5,8,10,17H,6-7,9,11H2,(H,23,27)(H,24,26,28). The first kappa shape index (κ1) is 19.1. The van der Waals surface area contributed by atoms with E-state index in [1.807, 2.05) is 6.07 Å². The first-order valence-corrected chi connectivity index (χ1v) is 9.60. The Bertz CT molecular complexity index is 1040. The first-order chi connectivity index (χ1) is 13.9. The Morgan fingerprint density at radius 2 is 2.00 bits per heavy atom. The predicted octanol–water partition coefficient (Wildman–Crippen LogP) is 2.28. The molecule has 1 unspecified atom stereocenters. The maximum absolute atomic E-state index is 12.7. The summed E-state index contributed by atoms with van der Waals surface area (Å²) in [7, 11) is 0. The Balaban J connectivity index is 1.45. The number of imide groups is 1. The number of fused-ring (bicyclic) bond motifs is 1. The van der Waals surface area contributed by atoms with Gasteiger partial charge in [-0.2, -0.15) is 0 Å². The van der Waals surface area contributed by atoms with Gasteiger partial charge in [0.15, 0.2) is 0 Å². The van der Waals surface area contributed by atoms with Crippen molar-refractivity contribution in [2.45, 2.75) is 31.8 Å². The molecule has 0 bridgehead atoms. The summed E-state index contributed by atoms with van der Waals surface area (Å²) in [6.45, 7) is 0.282. The number of rotatable bonds is 4. The Hall–Kier alpha value is -3.19. The Morgan fingerprint density at radius 3 is 2.76 bits per heavy atom. The lowest BCUT2D eigenvalue weighted by atomic mass is 10.0. The molecule has 4 rings (SSSR count). The molecule has 0 aliphatic carbocycles. The van der Waals surface area contributed by atoms with Crippen molar-refractivity contribution >= 4 is 40.9 Å². The van der Waals surface area contributed by atoms with Crippen LogP contribution in [0.4, 0.5) is 5.69 Å². The monoisotopic (exact) mass is 411 g/mol. The van der Waals surface area contributed by atoms with Crippen LogP contribution in [-0.2, 0) is 27.3 Å². The molecule has 0 radical (unpaired) electrons. The van der Waals surface area contributed by atoms with E-state index in [-0.39, 0.29) is 37.1 Å². The minimum Gasteiger partial charge on any atom is -0.326 e. The maximum atomic E-state index is 12.7. The van der Waals surface area contributed by atoms with E-state index in [2.05, 4.69) is 10.6 Å². The van der Waals surface area contributed by atoms with Gasteiger partial charge in [-0.3, -0.25) is 24.5 Å². The van der Waals surface area contributed by atoms with Crippen LogP contribution >= 0.6 is 11.6 Å². The lowest BCUT2D eigenvalue weighted by Crippen LogP contribution is -2.52. The number of amides is 4. The molecule has 1 saturated heterocycles. The molecule has 1 atom stereocenters. The van der Waals surface area contributed by atoms with Gasteiger partial charge in [0.25, 0.3) is 5.91 Å². The van der Waals surface area contributed by atoms with Crippen LogP contribution in [0.25, 0.3) is 0 Å². The quantitative estimate of drug-likeness (QED) is 0.754. The molecule has 2 aliphatic rings. The average molecular weight is 412 g/mol. The van der Waals surface area contributed by atoms with Gasteiger partial charge in [0.2, 0.25) is 17.7 Å². The van der Waals surface area contributed by atoms with Crippen LogP contribution in [-0.4, -0.2) is 34.6 Å². The summed E-state index contributed by atoms with van der Waals surface area (Å²) in [6.07, 6.45) is 0.678. The third-order valence-corrected chi connectivity index (χ3v) is 5.30. The fourth-order valence-corrected chi connectivity index (χ4v) is 3.88. The number of hydrogen-bond donors (Lipinski definition) is 2. The van der Waals surface area contributed by atoms with Crippen LogP contribution < -0.4 is 10.6 Å². The molecule has 2 aromatic rings. The third-order valence-electron chi connectivity index (χ3n) is 5.06. The molecule has 0 aromatic heterocycles. The first-order valence-electron chi connectivity index (χ1n) is 9.22. The highest BCUT2D eigenvalue weighted by atomic mass is 35.5. The molecule has 1 fully saturated rings. The zero-order valence-corrected chi connectivity index (χ0v) is 16.2. The number of benzene rings is 2. The lowest BCUT2D eigenvalue weighted by Gasteiger charge is -2.29. The van der Waals surface area contributed by atoms with E-state index in [9.17, 15) is 19.2 Å². The van der Waals surface area contributed by atoms with E-state index in [0.717, 1.165) is 11.1 Å². The number of nitrogens with one attached hydrogen (secondary N) is 2. The predicted molar refractivity (Wildman–Crippen MR) is 106 cm³/mol. The Labute approximate surface area is 172 Å². The van der Waals surface area contributed by atoms with Crippen molar-refractivity contribution in [3.63, 3.8) is 0 Å². The molecular formula is C21H18ClN3O4. The highest BCUT2D eigenvalue weighted by Crippen LogP contribution is 2.28. The summed E-state index contributed by atoms with van der Waals surface area (Å²) in [5.41, 5.74) is 2.67. The summed E-state index contributed by atoms with van der Waals surface area (Å²) in [4.78, 5) is 50.0. The number of nitrogens with zero attached hydrogens (tertiary/aromatic N) is 1. The minimum absolute atomic E-state index is 0.145. The van der Waals surface area contributed by atoms with Crippen LogP contribution in [0.3, 0.4) is 0 Å². The van der Waals surface area contributed by atoms with Gasteiger partial charge in [-0.25, -0.2) is 0 Å². The Kier molecular flexibility index (Phi) is 5.07. The molecular weight excluding hydrogens is 394 g/mol. The summed E-state index contributed by atoms with van der Waals surface area (Å²) in [6, 6.07) is 11.5. The second-order valence-corrected chi connectivity index (χ2v) is 7.56. The highest BCUT2D eigenvalue weighted by Gasteiger charge is 2.39. The third kappa shape index (κ3) is 4.00. The highest BCUT2D eigenvalue weighted by molar-refractivity contribution is 6.30. The lowest BCUT2D eigenvalue weighted by molar-refractivity contribution is -0.137. The average Bonchev–Trinajstić information content (AvgIpc) is 2.97. The van der Waals surface area contributed by atoms with Gasteiger partial charge in [-0.15, -0.1) is 0 Å². The molecule has 29 heavy (non-hydrogen) atoms. The van der Waals surface area contributed by atoms with Crippen molar-refractivity contribution in [1.82, 2.24) is 10.2 Å². The maximum Gasteiger partial charge on any atom is 0.255 e. The number of piperidine rings is 1. The topological polar surface area (TPSA) is 95.6 Å². The second kappa shape index (κ2) is 7.67. The molecule has 2 heterocycles. The Morgan fingerprint density at radius 1 is 1.17 bits per heavy atom. The molecule has 8 heteroatoms. The summed E-state index contributed by atoms with van der Waals surface area (Å²) < 4.78 is 0. The number of carbonyl (C=O) groups is 4. The van der Waals surface area contributed by atoms with E-state index in [0.29, 0.717) is 22.7 Å². The van der Waals surface area contributed by atoms with Crippen molar-refractivity contribution < 1.29 is 19.2 Å². The van der Waals surface area contributed by atoms with E-state index >= 15 is 0 Å². The zero-order chi connectivity index (χ0) is 20.5. The molecule has 2 N–H and O–H groups in total. The van der Waals surface area contributed by atoms with E-state index in [1.165, 1.54) is 4.90 Å². The van der Waals surface area contributed by atoms with Gasteiger partial charge in [-0.05, 0) is 41.8 Å². The summed E-state index contributed by atoms with van der Waals surface area (Å²) >= 11 is 5.93. The van der Waals surface area contributed by atoms with Crippen molar-refractivity contribution in [2.75, 3.05) is 5.32 Å². The minimum atomic E-state index is -0.651. The molecule has 148 valence electrons. The number of halogens is 1. The van der Waals surface area contributed by atoms with E-state index in [1.54, 1.807) is 36.4 Å². The molecule has 0 saturated carbocycles. The van der Waals surface area contributed by atoms with Crippen molar-refractivity contribution in [3.8, 4) is 0 Å². The van der Waals surface area contributed by atoms with Crippen LogP contribution in [0.15, 0.2) is 42.5 Å². The smallest absolute Gasteiger partial charge is 0.255 e. The van der Waals surface area contributed by atoms with Gasteiger partial charge in [-0.1, -0.05) is 29.8 Å². The number of anilines is 1. The molecule has 7 nitrogen and oxygen atoms in total.